The van der Waals surface area contributed by atoms with Crippen molar-refractivity contribution >= 4 is 21.6 Å². The molecule has 1 aromatic carbocycles. The molecule has 2 atom stereocenters. The topological polar surface area (TPSA) is 64.4 Å². The van der Waals surface area contributed by atoms with Crippen LogP contribution in [-0.2, 0) is 17.7 Å². The number of benzene rings is 1. The van der Waals surface area contributed by atoms with E-state index < -0.39 is 6.10 Å². The first-order valence-electron chi connectivity index (χ1n) is 8.52. The minimum Gasteiger partial charge on any atom is -0.389 e. The highest BCUT2D eigenvalue weighted by atomic mass is 32.1. The Morgan fingerprint density at radius 1 is 1.36 bits per heavy atom. The number of hydrogen-bond acceptors (Lipinski definition) is 5. The maximum absolute atomic E-state index is 12.4. The second-order valence-electron chi connectivity index (χ2n) is 6.41. The summed E-state index contributed by atoms with van der Waals surface area (Å²) in [5.41, 5.74) is 2.43. The fourth-order valence-electron chi connectivity index (χ4n) is 3.41. The lowest BCUT2D eigenvalue weighted by molar-refractivity contribution is -0.0228. The van der Waals surface area contributed by atoms with Gasteiger partial charge in [0.1, 0.15) is 4.83 Å². The van der Waals surface area contributed by atoms with Gasteiger partial charge in [0.2, 0.25) is 0 Å². The molecule has 4 rings (SSSR count). The van der Waals surface area contributed by atoms with Gasteiger partial charge in [0.25, 0.3) is 5.56 Å². The summed E-state index contributed by atoms with van der Waals surface area (Å²) in [7, 11) is 0. The summed E-state index contributed by atoms with van der Waals surface area (Å²) >= 11 is 1.44. The number of hydrogen-bond donors (Lipinski definition) is 1. The van der Waals surface area contributed by atoms with Crippen LogP contribution >= 0.6 is 11.3 Å². The molecule has 1 aliphatic rings. The van der Waals surface area contributed by atoms with Crippen molar-refractivity contribution in [2.24, 2.45) is 0 Å². The summed E-state index contributed by atoms with van der Waals surface area (Å²) in [6.07, 6.45) is 3.92. The zero-order chi connectivity index (χ0) is 17.2. The van der Waals surface area contributed by atoms with Gasteiger partial charge in [-0.3, -0.25) is 9.36 Å². The standard InChI is InChI=1S/C19H20N2O3S/c22-14(10-21-12-20-18-16(19(21)23)8-9-25-18)11-24-17-7-3-5-13-4-1-2-6-15(13)17/h1-2,4,6,8-9,12,14,17,22H,3,5,7,10-11H2/t14-,17+/m1/s1. The predicted molar refractivity (Wildman–Crippen MR) is 98.0 cm³/mol. The van der Waals surface area contributed by atoms with Crippen LogP contribution in [0.25, 0.3) is 10.2 Å². The smallest absolute Gasteiger partial charge is 0.262 e. The first-order chi connectivity index (χ1) is 12.2. The Morgan fingerprint density at radius 2 is 2.24 bits per heavy atom. The van der Waals surface area contributed by atoms with Crippen LogP contribution in [0.2, 0.25) is 0 Å². The number of aliphatic hydroxyl groups is 1. The third-order valence-electron chi connectivity index (χ3n) is 4.66. The van der Waals surface area contributed by atoms with Gasteiger partial charge in [-0.2, -0.15) is 0 Å². The number of aliphatic hydroxyl groups excluding tert-OH is 1. The molecule has 2 aromatic heterocycles. The van der Waals surface area contributed by atoms with Gasteiger partial charge in [0.05, 0.1) is 37.1 Å². The van der Waals surface area contributed by atoms with Crippen molar-refractivity contribution in [1.82, 2.24) is 9.55 Å². The Kier molecular flexibility index (Phi) is 4.65. The van der Waals surface area contributed by atoms with Crippen molar-refractivity contribution in [3.8, 4) is 0 Å². The molecule has 0 fully saturated rings. The predicted octanol–water partition coefficient (Wildman–Crippen LogP) is 2.91. The summed E-state index contributed by atoms with van der Waals surface area (Å²) < 4.78 is 7.43. The third kappa shape index (κ3) is 3.38. The largest absolute Gasteiger partial charge is 0.389 e. The molecule has 1 aliphatic carbocycles. The lowest BCUT2D eigenvalue weighted by Crippen LogP contribution is -2.30. The number of rotatable bonds is 5. The average molecular weight is 356 g/mol. The molecule has 130 valence electrons. The Hall–Kier alpha value is -2.02. The summed E-state index contributed by atoms with van der Waals surface area (Å²) in [4.78, 5) is 17.4. The normalized spacial score (nSPS) is 18.2. The van der Waals surface area contributed by atoms with Crippen molar-refractivity contribution in [1.29, 1.82) is 0 Å². The van der Waals surface area contributed by atoms with Crippen LogP contribution in [0.15, 0.2) is 46.8 Å². The molecule has 2 heterocycles. The van der Waals surface area contributed by atoms with Crippen LogP contribution in [0.1, 0.15) is 30.1 Å². The molecule has 0 unspecified atom stereocenters. The number of fused-ring (bicyclic) bond motifs is 2. The molecular formula is C19H20N2O3S. The Bertz CT molecular complexity index is 934. The average Bonchev–Trinajstić information content (AvgIpc) is 3.12. The highest BCUT2D eigenvalue weighted by Gasteiger charge is 2.21. The minimum absolute atomic E-state index is 0.0220. The van der Waals surface area contributed by atoms with Crippen LogP contribution in [0, 0.1) is 0 Å². The molecule has 0 amide bonds. The first kappa shape index (κ1) is 16.4. The molecule has 6 heteroatoms. The summed E-state index contributed by atoms with van der Waals surface area (Å²) in [6.45, 7) is 0.388. The van der Waals surface area contributed by atoms with E-state index in [9.17, 15) is 9.90 Å². The van der Waals surface area contributed by atoms with Gasteiger partial charge in [-0.05, 0) is 41.8 Å². The Labute approximate surface area is 149 Å². The molecule has 5 nitrogen and oxygen atoms in total. The van der Waals surface area contributed by atoms with Gasteiger partial charge < -0.3 is 9.84 Å². The Balaban J connectivity index is 1.42. The quantitative estimate of drug-likeness (QED) is 0.763. The van der Waals surface area contributed by atoms with E-state index in [1.807, 2.05) is 11.4 Å². The van der Waals surface area contributed by atoms with Gasteiger partial charge in [0, 0.05) is 0 Å². The van der Waals surface area contributed by atoms with Crippen molar-refractivity contribution < 1.29 is 9.84 Å². The van der Waals surface area contributed by atoms with Crippen molar-refractivity contribution in [3.63, 3.8) is 0 Å². The molecule has 1 N–H and O–H groups in total. The van der Waals surface area contributed by atoms with E-state index in [1.54, 1.807) is 6.07 Å². The van der Waals surface area contributed by atoms with Crippen LogP contribution in [0.5, 0.6) is 0 Å². The summed E-state index contributed by atoms with van der Waals surface area (Å²) in [5, 5.41) is 12.8. The number of thiophene rings is 1. The SMILES string of the molecule is O=c1c2ccsc2ncn1C[C@@H](O)CO[C@H]1CCCc2ccccc21. The zero-order valence-electron chi connectivity index (χ0n) is 13.8. The third-order valence-corrected chi connectivity index (χ3v) is 5.48. The minimum atomic E-state index is -0.746. The number of nitrogens with zero attached hydrogens (tertiary/aromatic N) is 2. The van der Waals surface area contributed by atoms with E-state index in [-0.39, 0.29) is 24.8 Å². The van der Waals surface area contributed by atoms with Gasteiger partial charge in [0.15, 0.2) is 0 Å². The van der Waals surface area contributed by atoms with Gasteiger partial charge in [-0.1, -0.05) is 24.3 Å². The summed E-state index contributed by atoms with van der Waals surface area (Å²) in [6, 6.07) is 10.1. The van der Waals surface area contributed by atoms with Crippen LogP contribution in [0.4, 0.5) is 0 Å². The molecule has 3 aromatic rings. The van der Waals surface area contributed by atoms with E-state index in [2.05, 4.69) is 23.2 Å². The fraction of sp³-hybridized carbons (Fsp3) is 0.368. The molecule has 0 spiro atoms. The van der Waals surface area contributed by atoms with Crippen LogP contribution in [0.3, 0.4) is 0 Å². The second-order valence-corrected chi connectivity index (χ2v) is 7.30. The maximum atomic E-state index is 12.4. The van der Waals surface area contributed by atoms with Gasteiger partial charge >= 0.3 is 0 Å². The zero-order valence-corrected chi connectivity index (χ0v) is 14.6. The highest BCUT2D eigenvalue weighted by molar-refractivity contribution is 7.16. The number of aromatic nitrogens is 2. The van der Waals surface area contributed by atoms with Gasteiger partial charge in [-0.25, -0.2) is 4.98 Å². The van der Waals surface area contributed by atoms with Crippen LogP contribution in [-0.4, -0.2) is 27.4 Å². The molecule has 0 bridgehead atoms. The molecule has 0 aliphatic heterocycles. The lowest BCUT2D eigenvalue weighted by atomic mass is 9.89. The van der Waals surface area contributed by atoms with E-state index >= 15 is 0 Å². The van der Waals surface area contributed by atoms with E-state index in [0.29, 0.717) is 5.39 Å². The molecule has 25 heavy (non-hydrogen) atoms. The molecule has 0 saturated heterocycles. The monoisotopic (exact) mass is 356 g/mol. The fourth-order valence-corrected chi connectivity index (χ4v) is 4.14. The van der Waals surface area contributed by atoms with Crippen molar-refractivity contribution in [2.75, 3.05) is 6.61 Å². The van der Waals surface area contributed by atoms with Crippen LogP contribution < -0.4 is 5.56 Å². The van der Waals surface area contributed by atoms with Crippen molar-refractivity contribution in [2.45, 2.75) is 38.0 Å². The highest BCUT2D eigenvalue weighted by Crippen LogP contribution is 2.32. The summed E-state index contributed by atoms with van der Waals surface area (Å²) in [5.74, 6) is 0. The second kappa shape index (κ2) is 7.07. The number of aryl methyl sites for hydroxylation is 1. The van der Waals surface area contributed by atoms with Gasteiger partial charge in [-0.15, -0.1) is 11.3 Å². The molecule has 0 radical (unpaired) electrons. The van der Waals surface area contributed by atoms with E-state index in [4.69, 9.17) is 4.74 Å². The number of ether oxygens (including phenoxy) is 1. The maximum Gasteiger partial charge on any atom is 0.262 e. The van der Waals surface area contributed by atoms with E-state index in [1.165, 1.54) is 33.4 Å². The van der Waals surface area contributed by atoms with Crippen molar-refractivity contribution in [3.05, 3.63) is 63.5 Å². The van der Waals surface area contributed by atoms with E-state index in [0.717, 1.165) is 24.1 Å². The molecule has 0 saturated carbocycles. The molecular weight excluding hydrogens is 336 g/mol. The lowest BCUT2D eigenvalue weighted by Gasteiger charge is -2.26. The Morgan fingerprint density at radius 3 is 3.16 bits per heavy atom. The first-order valence-corrected chi connectivity index (χ1v) is 9.40.